The zero-order chi connectivity index (χ0) is 6.69. The van der Waals surface area contributed by atoms with Gasteiger partial charge < -0.3 is 0 Å². The average molecular weight is 109 g/mol. The van der Waals surface area contributed by atoms with Crippen LogP contribution in [0.4, 0.5) is 0 Å². The predicted octanol–water partition coefficient (Wildman–Crippen LogP) is 1.04. The Morgan fingerprint density at radius 3 is 2.75 bits per heavy atom. The van der Waals surface area contributed by atoms with Crippen molar-refractivity contribution in [1.82, 2.24) is 9.97 Å². The van der Waals surface area contributed by atoms with Gasteiger partial charge in [-0.05, 0) is 6.04 Å². The maximum absolute atomic E-state index is 7.04. The number of hydrogen-bond acceptors (Lipinski definition) is 2. The Morgan fingerprint density at radius 1 is 1.62 bits per heavy atom. The van der Waals surface area contributed by atoms with Crippen LogP contribution in [0.15, 0.2) is 18.4 Å². The molecule has 1 heterocycles. The van der Waals surface area contributed by atoms with Crippen LogP contribution in [0, 0.1) is 0 Å². The number of hydrogen-bond donors (Lipinski definition) is 0. The van der Waals surface area contributed by atoms with Gasteiger partial charge in [0, 0.05) is 18.8 Å². The third-order valence-corrected chi connectivity index (χ3v) is 0.892. The van der Waals surface area contributed by atoms with E-state index in [-0.39, 0.29) is 0 Å². The highest BCUT2D eigenvalue weighted by Crippen LogP contribution is 1.85. The zero-order valence-electron chi connectivity index (χ0n) is 5.76. The summed E-state index contributed by atoms with van der Waals surface area (Å²) in [6.07, 6.45) is 3.85. The fourth-order valence-electron chi connectivity index (χ4n) is 0.473. The second-order valence-electron chi connectivity index (χ2n) is 1.45. The van der Waals surface area contributed by atoms with E-state index in [2.05, 4.69) is 9.97 Å². The van der Waals surface area contributed by atoms with E-state index in [9.17, 15) is 0 Å². The molecule has 2 heteroatoms. The summed E-state index contributed by atoms with van der Waals surface area (Å²) in [5.74, 6) is 0.797. The van der Waals surface area contributed by atoms with Crippen LogP contribution in [-0.4, -0.2) is 9.97 Å². The summed E-state index contributed by atoms with van der Waals surface area (Å²) in [5.41, 5.74) is 0. The minimum Gasteiger partial charge on any atom is -0.241 e. The van der Waals surface area contributed by atoms with Crippen LogP contribution < -0.4 is 0 Å². The van der Waals surface area contributed by atoms with Crippen LogP contribution >= 0.6 is 0 Å². The summed E-state index contributed by atoms with van der Waals surface area (Å²) in [6.45, 7) is 1.99. The highest BCUT2D eigenvalue weighted by atomic mass is 14.8. The summed E-state index contributed by atoms with van der Waals surface area (Å²) >= 11 is 0. The maximum atomic E-state index is 7.04. The number of aromatic nitrogens is 2. The smallest absolute Gasteiger partial charge is 0.127 e. The molecule has 8 heavy (non-hydrogen) atoms. The molecule has 2 nitrogen and oxygen atoms in total. The molecule has 1 aromatic heterocycles. The maximum Gasteiger partial charge on any atom is 0.127 e. The Kier molecular flexibility index (Phi) is 1.20. The van der Waals surface area contributed by atoms with Crippen LogP contribution in [0.2, 0.25) is 0 Å². The van der Waals surface area contributed by atoms with Gasteiger partial charge in [0.25, 0.3) is 0 Å². The lowest BCUT2D eigenvalue weighted by molar-refractivity contribution is 0.939. The van der Waals surface area contributed by atoms with Gasteiger partial charge in [-0.3, -0.25) is 0 Å². The first-order valence-electron chi connectivity index (χ1n) is 3.10. The third-order valence-electron chi connectivity index (χ3n) is 0.892. The Labute approximate surface area is 50.0 Å². The van der Waals surface area contributed by atoms with Crippen molar-refractivity contribution in [2.24, 2.45) is 0 Å². The largest absolute Gasteiger partial charge is 0.241 e. The van der Waals surface area contributed by atoms with Crippen LogP contribution in [0.25, 0.3) is 0 Å². The van der Waals surface area contributed by atoms with E-state index in [0.29, 0.717) is 6.04 Å². The third kappa shape index (κ3) is 1.03. The normalized spacial score (nSPS) is 10.9. The fourth-order valence-corrected chi connectivity index (χ4v) is 0.473. The van der Waals surface area contributed by atoms with Gasteiger partial charge in [0.15, 0.2) is 0 Å². The van der Waals surface area contributed by atoms with Crippen LogP contribution in [0.5, 0.6) is 0 Å². The van der Waals surface area contributed by atoms with Gasteiger partial charge in [0.1, 0.15) is 5.82 Å². The van der Waals surface area contributed by atoms with E-state index in [0.717, 1.165) is 12.2 Å². The van der Waals surface area contributed by atoms with E-state index in [4.69, 9.17) is 1.37 Å². The Hall–Kier alpha value is -0.920. The molecule has 0 fully saturated rings. The molecule has 42 valence electrons. The molecule has 0 amide bonds. The average Bonchev–Trinajstić information content (AvgIpc) is 1.90. The monoisotopic (exact) mass is 109 g/mol. The van der Waals surface area contributed by atoms with Gasteiger partial charge in [-0.2, -0.15) is 0 Å². The molecule has 1 aromatic rings. The summed E-state index contributed by atoms with van der Waals surface area (Å²) in [6, 6.07) is 0.368. The summed E-state index contributed by atoms with van der Waals surface area (Å²) in [5, 5.41) is 0. The lowest BCUT2D eigenvalue weighted by atomic mass is 10.4. The van der Waals surface area contributed by atoms with Crippen molar-refractivity contribution in [3.63, 3.8) is 0 Å². The lowest BCUT2D eigenvalue weighted by Gasteiger charge is -1.87. The first-order valence-corrected chi connectivity index (χ1v) is 2.60. The van der Waals surface area contributed by atoms with E-state index in [1.165, 1.54) is 12.4 Å². The van der Waals surface area contributed by atoms with Crippen molar-refractivity contribution in [3.8, 4) is 0 Å². The number of aryl methyl sites for hydroxylation is 1. The zero-order valence-corrected chi connectivity index (χ0v) is 4.76. The summed E-state index contributed by atoms with van der Waals surface area (Å²) < 4.78 is 7.04. The molecule has 0 radical (unpaired) electrons. The Bertz CT molecular complexity index is 183. The van der Waals surface area contributed by atoms with Crippen molar-refractivity contribution in [1.29, 1.82) is 0 Å². The molecule has 0 aliphatic carbocycles. The van der Waals surface area contributed by atoms with E-state index in [1.807, 2.05) is 6.92 Å². The summed E-state index contributed by atoms with van der Waals surface area (Å²) in [4.78, 5) is 7.80. The van der Waals surface area contributed by atoms with Gasteiger partial charge in [-0.15, -0.1) is 0 Å². The fraction of sp³-hybridized carbons (Fsp3) is 0.333. The van der Waals surface area contributed by atoms with Crippen molar-refractivity contribution >= 4 is 0 Å². The molecule has 1 rings (SSSR count). The van der Waals surface area contributed by atoms with Gasteiger partial charge >= 0.3 is 0 Å². The topological polar surface area (TPSA) is 25.8 Å². The van der Waals surface area contributed by atoms with Crippen LogP contribution in [-0.2, 0) is 6.42 Å². The molecule has 0 aliphatic heterocycles. The first-order chi connectivity index (χ1) is 4.33. The van der Waals surface area contributed by atoms with Gasteiger partial charge in [-0.1, -0.05) is 6.92 Å². The van der Waals surface area contributed by atoms with Crippen LogP contribution in [0.1, 0.15) is 14.1 Å². The minimum absolute atomic E-state index is 0.368. The van der Waals surface area contributed by atoms with E-state index < -0.39 is 0 Å². The number of rotatable bonds is 1. The van der Waals surface area contributed by atoms with Gasteiger partial charge in [-0.25, -0.2) is 9.97 Å². The molecule has 0 atom stereocenters. The quantitative estimate of drug-likeness (QED) is 0.538. The minimum atomic E-state index is 0.368. The van der Waals surface area contributed by atoms with Crippen molar-refractivity contribution in [2.45, 2.75) is 13.3 Å². The molecule has 0 N–H and O–H groups in total. The van der Waals surface area contributed by atoms with E-state index >= 15 is 0 Å². The lowest BCUT2D eigenvalue weighted by Crippen LogP contribution is -1.87. The van der Waals surface area contributed by atoms with Crippen molar-refractivity contribution in [3.05, 3.63) is 24.3 Å². The molecule has 0 aliphatic rings. The molecule has 0 saturated carbocycles. The molecule has 0 aromatic carbocycles. The van der Waals surface area contributed by atoms with Gasteiger partial charge in [0.2, 0.25) is 0 Å². The van der Waals surface area contributed by atoms with Crippen molar-refractivity contribution < 1.29 is 1.37 Å². The molecular formula is C6H8N2. The first kappa shape index (κ1) is 4.01. The van der Waals surface area contributed by atoms with Crippen LogP contribution in [0.3, 0.4) is 0 Å². The molecular weight excluding hydrogens is 100 g/mol. The molecule has 0 unspecified atom stereocenters. The Balaban J connectivity index is 2.88. The SMILES string of the molecule is [2H]c1cnc(CC)nc1. The second kappa shape index (κ2) is 2.40. The van der Waals surface area contributed by atoms with Crippen molar-refractivity contribution in [2.75, 3.05) is 0 Å². The molecule has 0 saturated heterocycles. The highest BCUT2D eigenvalue weighted by Gasteiger charge is 1.83. The Morgan fingerprint density at radius 2 is 2.25 bits per heavy atom. The predicted molar refractivity (Wildman–Crippen MR) is 31.4 cm³/mol. The van der Waals surface area contributed by atoms with Gasteiger partial charge in [0.05, 0.1) is 1.37 Å². The van der Waals surface area contributed by atoms with E-state index in [1.54, 1.807) is 0 Å². The highest BCUT2D eigenvalue weighted by molar-refractivity contribution is 4.86. The summed E-state index contributed by atoms with van der Waals surface area (Å²) in [7, 11) is 0. The number of nitrogens with zero attached hydrogens (tertiary/aromatic N) is 2. The molecule has 0 spiro atoms. The standard InChI is InChI=1S/C6H8N2/c1-2-6-7-4-3-5-8-6/h3-5H,2H2,1H3/i3D. The molecule has 0 bridgehead atoms. The second-order valence-corrected chi connectivity index (χ2v) is 1.45.